The van der Waals surface area contributed by atoms with Gasteiger partial charge in [-0.25, -0.2) is 14.6 Å². The molecular formula is C32H33ClN6O4. The van der Waals surface area contributed by atoms with Crippen molar-refractivity contribution in [2.24, 2.45) is 7.05 Å². The Balaban J connectivity index is 1.27. The first-order valence-corrected chi connectivity index (χ1v) is 15.0. The van der Waals surface area contributed by atoms with Gasteiger partial charge < -0.3 is 24.3 Å². The number of pyridine rings is 1. The van der Waals surface area contributed by atoms with Crippen molar-refractivity contribution in [3.05, 3.63) is 94.0 Å². The molecular weight excluding hydrogens is 568 g/mol. The highest BCUT2D eigenvalue weighted by Gasteiger charge is 2.43. The van der Waals surface area contributed by atoms with Crippen molar-refractivity contribution in [3.8, 4) is 0 Å². The van der Waals surface area contributed by atoms with Crippen LogP contribution in [0.3, 0.4) is 0 Å². The first kappa shape index (κ1) is 27.7. The van der Waals surface area contributed by atoms with Crippen LogP contribution in [0, 0.1) is 0 Å². The molecule has 11 heteroatoms. The van der Waals surface area contributed by atoms with Crippen LogP contribution in [0.25, 0.3) is 11.6 Å². The third-order valence-corrected chi connectivity index (χ3v) is 8.84. The molecule has 1 saturated heterocycles. The number of allylic oxidation sites excluding steroid dienone is 2. The number of hydrogen-bond acceptors (Lipinski definition) is 7. The van der Waals surface area contributed by atoms with Crippen LogP contribution in [-0.2, 0) is 16.5 Å². The number of amides is 2. The first-order valence-electron chi connectivity index (χ1n) is 14.6. The highest BCUT2D eigenvalue weighted by Crippen LogP contribution is 2.44. The zero-order chi connectivity index (χ0) is 29.7. The van der Waals surface area contributed by atoms with Crippen LogP contribution in [0.5, 0.6) is 0 Å². The molecule has 0 unspecified atom stereocenters. The number of imidazole rings is 1. The molecule has 10 nitrogen and oxygen atoms in total. The molecule has 1 aliphatic heterocycles. The molecule has 1 saturated carbocycles. The predicted molar refractivity (Wildman–Crippen MR) is 161 cm³/mol. The van der Waals surface area contributed by atoms with E-state index in [9.17, 15) is 9.59 Å². The molecule has 3 aromatic rings. The van der Waals surface area contributed by atoms with Gasteiger partial charge in [0.05, 0.1) is 30.0 Å². The van der Waals surface area contributed by atoms with E-state index >= 15 is 0 Å². The normalized spacial score (nSPS) is 20.9. The lowest BCUT2D eigenvalue weighted by Crippen LogP contribution is -2.50. The third kappa shape index (κ3) is 5.64. The Kier molecular flexibility index (Phi) is 6.98. The van der Waals surface area contributed by atoms with E-state index in [1.54, 1.807) is 17.4 Å². The number of nitrogens with one attached hydrogen (secondary N) is 1. The third-order valence-electron chi connectivity index (χ3n) is 8.61. The molecule has 1 aromatic carbocycles. The van der Waals surface area contributed by atoms with Gasteiger partial charge in [-0.1, -0.05) is 23.7 Å². The lowest BCUT2D eigenvalue weighted by atomic mass is 9.90. The second kappa shape index (κ2) is 10.8. The molecule has 4 aliphatic rings. The summed E-state index contributed by atoms with van der Waals surface area (Å²) in [4.78, 5) is 39.3. The number of aromatic nitrogens is 3. The minimum atomic E-state index is -0.584. The molecule has 2 atom stereocenters. The smallest absolute Gasteiger partial charge is 0.413 e. The number of rotatable bonds is 6. The van der Waals surface area contributed by atoms with Crippen molar-refractivity contribution in [2.75, 3.05) is 26.2 Å². The van der Waals surface area contributed by atoms with Gasteiger partial charge in [0.1, 0.15) is 17.4 Å². The van der Waals surface area contributed by atoms with Crippen LogP contribution in [0.4, 0.5) is 9.59 Å². The molecule has 0 radical (unpaired) electrons. The quantitative estimate of drug-likeness (QED) is 0.400. The number of benzene rings is 1. The summed E-state index contributed by atoms with van der Waals surface area (Å²) in [6.45, 7) is 4.39. The zero-order valence-electron chi connectivity index (χ0n) is 24.1. The van der Waals surface area contributed by atoms with Gasteiger partial charge in [-0.3, -0.25) is 9.88 Å². The van der Waals surface area contributed by atoms with Crippen molar-refractivity contribution < 1.29 is 19.1 Å². The fourth-order valence-corrected chi connectivity index (χ4v) is 6.03. The number of carbonyl (C=O) groups excluding carboxylic acids is 2. The van der Waals surface area contributed by atoms with Gasteiger partial charge in [-0.15, -0.1) is 0 Å². The summed E-state index contributed by atoms with van der Waals surface area (Å²) in [5.41, 5.74) is 5.08. The van der Waals surface area contributed by atoms with Crippen LogP contribution in [0.2, 0.25) is 5.02 Å². The van der Waals surface area contributed by atoms with Crippen molar-refractivity contribution >= 4 is 35.4 Å². The topological polar surface area (TPSA) is 102 Å². The van der Waals surface area contributed by atoms with E-state index in [-0.39, 0.29) is 17.7 Å². The lowest BCUT2D eigenvalue weighted by molar-refractivity contribution is 0.0380. The largest absolute Gasteiger partial charge is 0.443 e. The predicted octanol–water partition coefficient (Wildman–Crippen LogP) is 5.47. The minimum Gasteiger partial charge on any atom is -0.443 e. The molecule has 2 fully saturated rings. The zero-order valence-corrected chi connectivity index (χ0v) is 24.9. The fraction of sp³-hybridized carbons (Fsp3) is 0.375. The molecule has 0 spiro atoms. The van der Waals surface area contributed by atoms with Gasteiger partial charge >= 0.3 is 12.2 Å². The lowest BCUT2D eigenvalue weighted by Gasteiger charge is -2.39. The van der Waals surface area contributed by atoms with Crippen molar-refractivity contribution in [3.63, 3.8) is 0 Å². The van der Waals surface area contributed by atoms with Gasteiger partial charge in [0.25, 0.3) is 0 Å². The van der Waals surface area contributed by atoms with Crippen LogP contribution in [0.1, 0.15) is 66.3 Å². The van der Waals surface area contributed by atoms with Gasteiger partial charge in [0.15, 0.2) is 0 Å². The average Bonchev–Trinajstić information content (AvgIpc) is 3.92. The van der Waals surface area contributed by atoms with Gasteiger partial charge in [-0.05, 0) is 72.4 Å². The SMILES string of the molecule is Cn1cncc1[C@H](NC(=O)OC1=CC1)C1=Cc2cccnc2[C@@H](N2CCN(C(=O)OC3(C)CC3)CC2)c2ccc(Cl)cc21. The maximum absolute atomic E-state index is 13.0. The molecule has 7 rings (SSSR count). The maximum atomic E-state index is 13.0. The van der Waals surface area contributed by atoms with Crippen molar-refractivity contribution in [1.29, 1.82) is 0 Å². The number of fused-ring (bicyclic) bond motifs is 2. The summed E-state index contributed by atoms with van der Waals surface area (Å²) in [5.74, 6) is 0.656. The van der Waals surface area contributed by atoms with Gasteiger partial charge in [0, 0.05) is 50.9 Å². The Morgan fingerprint density at radius 3 is 2.65 bits per heavy atom. The van der Waals surface area contributed by atoms with E-state index < -0.39 is 12.1 Å². The summed E-state index contributed by atoms with van der Waals surface area (Å²) in [5, 5.41) is 3.67. The maximum Gasteiger partial charge on any atom is 0.413 e. The molecule has 2 amide bonds. The highest BCUT2D eigenvalue weighted by atomic mass is 35.5. The highest BCUT2D eigenvalue weighted by molar-refractivity contribution is 6.30. The summed E-state index contributed by atoms with van der Waals surface area (Å²) >= 11 is 6.64. The van der Waals surface area contributed by atoms with Crippen LogP contribution in [-0.4, -0.2) is 68.3 Å². The second-order valence-electron chi connectivity index (χ2n) is 11.8. The monoisotopic (exact) mass is 600 g/mol. The Morgan fingerprint density at radius 2 is 1.95 bits per heavy atom. The average molecular weight is 601 g/mol. The van der Waals surface area contributed by atoms with E-state index in [1.807, 2.05) is 61.1 Å². The molecule has 1 N–H and O–H groups in total. The number of hydrogen-bond donors (Lipinski definition) is 1. The van der Waals surface area contributed by atoms with E-state index in [4.69, 9.17) is 26.1 Å². The second-order valence-corrected chi connectivity index (χ2v) is 12.3. The Bertz CT molecular complexity index is 1650. The van der Waals surface area contributed by atoms with Gasteiger partial charge in [0.2, 0.25) is 0 Å². The van der Waals surface area contributed by atoms with Crippen molar-refractivity contribution in [2.45, 2.75) is 43.9 Å². The first-order chi connectivity index (χ1) is 20.8. The Hall–Kier alpha value is -4.15. The summed E-state index contributed by atoms with van der Waals surface area (Å²) in [7, 11) is 1.90. The fourth-order valence-electron chi connectivity index (χ4n) is 5.86. The number of nitrogens with zero attached hydrogens (tertiary/aromatic N) is 5. The van der Waals surface area contributed by atoms with E-state index in [0.29, 0.717) is 43.4 Å². The molecule has 0 bridgehead atoms. The summed E-state index contributed by atoms with van der Waals surface area (Å²) in [6.07, 6.45) is 10.9. The summed E-state index contributed by atoms with van der Waals surface area (Å²) in [6, 6.07) is 9.06. The molecule has 43 heavy (non-hydrogen) atoms. The van der Waals surface area contributed by atoms with E-state index in [0.717, 1.165) is 46.5 Å². The van der Waals surface area contributed by atoms with Crippen LogP contribution in [0.15, 0.2) is 60.9 Å². The molecule has 222 valence electrons. The molecule has 3 aliphatic carbocycles. The molecule has 2 aromatic heterocycles. The van der Waals surface area contributed by atoms with E-state index in [2.05, 4.69) is 21.3 Å². The van der Waals surface area contributed by atoms with Crippen LogP contribution < -0.4 is 5.32 Å². The summed E-state index contributed by atoms with van der Waals surface area (Å²) < 4.78 is 13.1. The van der Waals surface area contributed by atoms with E-state index in [1.165, 1.54) is 0 Å². The Labute approximate surface area is 254 Å². The van der Waals surface area contributed by atoms with Gasteiger partial charge in [-0.2, -0.15) is 0 Å². The number of carbonyl (C=O) groups is 2. The number of ether oxygens (including phenoxy) is 2. The van der Waals surface area contributed by atoms with Crippen molar-refractivity contribution in [1.82, 2.24) is 29.7 Å². The minimum absolute atomic E-state index is 0.202. The Morgan fingerprint density at radius 1 is 1.16 bits per heavy atom. The van der Waals surface area contributed by atoms with Crippen LogP contribution >= 0.6 is 11.6 Å². The molecule has 3 heterocycles. The number of piperazine rings is 1. The number of aryl methyl sites for hydroxylation is 1. The standard InChI is InChI=1S/C32H33ClN6O4/c1-32(9-10-32)43-31(41)39-14-12-38(13-15-39)29-23-8-5-21(33)17-24(23)25(16-20-4-3-11-35-27(20)29)28(26-18-34-19-37(26)2)36-30(40)42-22-6-7-22/h3-6,8,11,16-19,28-29H,7,9-10,12-15H2,1-2H3,(H,36,40)/t28-,29+/m1/s1. The number of halogens is 1. The number of alkyl carbamates (subject to hydrolysis) is 1.